The molecule has 0 spiro atoms. The highest BCUT2D eigenvalue weighted by molar-refractivity contribution is 5.28. The van der Waals surface area contributed by atoms with Crippen LogP contribution < -0.4 is 5.73 Å². The third-order valence-corrected chi connectivity index (χ3v) is 2.52. The number of hydrogen-bond donors (Lipinski definition) is 1. The number of aromatic nitrogens is 2. The molecule has 0 saturated carbocycles. The molecule has 0 aliphatic carbocycles. The van der Waals surface area contributed by atoms with Crippen molar-refractivity contribution in [3.63, 3.8) is 0 Å². The molecule has 0 unspecified atom stereocenters. The standard InChI is InChI=1S/C10H20N4/c1-4-13(5-2)6-7-14-9(3)8-10(11)12-14/h8H,4-7H2,1-3H3,(H2,11,12). The fourth-order valence-electron chi connectivity index (χ4n) is 1.54. The Morgan fingerprint density at radius 1 is 1.43 bits per heavy atom. The molecule has 1 heterocycles. The van der Waals surface area contributed by atoms with E-state index in [1.165, 1.54) is 0 Å². The maximum absolute atomic E-state index is 5.61. The number of rotatable bonds is 5. The first-order valence-electron chi connectivity index (χ1n) is 5.19. The molecule has 0 saturated heterocycles. The largest absolute Gasteiger partial charge is 0.382 e. The van der Waals surface area contributed by atoms with E-state index in [4.69, 9.17) is 5.73 Å². The average Bonchev–Trinajstić information content (AvgIpc) is 2.47. The van der Waals surface area contributed by atoms with Crippen LogP contribution in [-0.4, -0.2) is 34.3 Å². The molecular formula is C10H20N4. The molecule has 0 aliphatic heterocycles. The molecule has 0 atom stereocenters. The van der Waals surface area contributed by atoms with E-state index < -0.39 is 0 Å². The quantitative estimate of drug-likeness (QED) is 0.767. The summed E-state index contributed by atoms with van der Waals surface area (Å²) in [7, 11) is 0. The molecule has 1 aromatic heterocycles. The third kappa shape index (κ3) is 2.73. The van der Waals surface area contributed by atoms with Crippen LogP contribution in [0.1, 0.15) is 19.5 Å². The van der Waals surface area contributed by atoms with Gasteiger partial charge in [0.05, 0.1) is 6.54 Å². The molecule has 0 fully saturated rings. The lowest BCUT2D eigenvalue weighted by molar-refractivity contribution is 0.284. The zero-order valence-corrected chi connectivity index (χ0v) is 9.32. The predicted octanol–water partition coefficient (Wildman–Crippen LogP) is 1.12. The maximum atomic E-state index is 5.61. The topological polar surface area (TPSA) is 47.1 Å². The number of nitrogens with zero attached hydrogens (tertiary/aromatic N) is 3. The number of nitrogen functional groups attached to an aromatic ring is 1. The van der Waals surface area contributed by atoms with Crippen LogP contribution in [0.4, 0.5) is 5.82 Å². The molecule has 2 N–H and O–H groups in total. The second kappa shape index (κ2) is 5.00. The van der Waals surface area contributed by atoms with Crippen LogP contribution in [0.15, 0.2) is 6.07 Å². The van der Waals surface area contributed by atoms with Crippen molar-refractivity contribution in [2.24, 2.45) is 0 Å². The van der Waals surface area contributed by atoms with Crippen LogP contribution in [0.2, 0.25) is 0 Å². The summed E-state index contributed by atoms with van der Waals surface area (Å²) in [5, 5.41) is 4.22. The smallest absolute Gasteiger partial charge is 0.145 e. The van der Waals surface area contributed by atoms with Gasteiger partial charge in [-0.3, -0.25) is 4.68 Å². The van der Waals surface area contributed by atoms with Crippen molar-refractivity contribution in [1.29, 1.82) is 0 Å². The molecule has 0 amide bonds. The van der Waals surface area contributed by atoms with Gasteiger partial charge in [-0.15, -0.1) is 0 Å². The average molecular weight is 196 g/mol. The van der Waals surface area contributed by atoms with Crippen molar-refractivity contribution in [2.75, 3.05) is 25.4 Å². The van der Waals surface area contributed by atoms with Crippen LogP contribution >= 0.6 is 0 Å². The molecule has 0 bridgehead atoms. The number of hydrogen-bond acceptors (Lipinski definition) is 3. The molecule has 1 aromatic rings. The van der Waals surface area contributed by atoms with Gasteiger partial charge in [-0.2, -0.15) is 5.10 Å². The summed E-state index contributed by atoms with van der Waals surface area (Å²) >= 11 is 0. The van der Waals surface area contributed by atoms with Gasteiger partial charge in [0.25, 0.3) is 0 Å². The van der Waals surface area contributed by atoms with Gasteiger partial charge < -0.3 is 10.6 Å². The summed E-state index contributed by atoms with van der Waals surface area (Å²) in [5.74, 6) is 0.613. The van der Waals surface area contributed by atoms with E-state index in [2.05, 4.69) is 23.8 Å². The fraction of sp³-hybridized carbons (Fsp3) is 0.700. The highest BCUT2D eigenvalue weighted by Crippen LogP contribution is 2.04. The Balaban J connectivity index is 2.48. The van der Waals surface area contributed by atoms with E-state index in [0.29, 0.717) is 5.82 Å². The van der Waals surface area contributed by atoms with Crippen molar-refractivity contribution in [3.8, 4) is 0 Å². The van der Waals surface area contributed by atoms with Crippen molar-refractivity contribution in [1.82, 2.24) is 14.7 Å². The fourth-order valence-corrected chi connectivity index (χ4v) is 1.54. The maximum Gasteiger partial charge on any atom is 0.145 e. The van der Waals surface area contributed by atoms with E-state index in [1.807, 2.05) is 17.7 Å². The third-order valence-electron chi connectivity index (χ3n) is 2.52. The van der Waals surface area contributed by atoms with Crippen LogP contribution in [0.3, 0.4) is 0 Å². The van der Waals surface area contributed by atoms with E-state index in [1.54, 1.807) is 0 Å². The summed E-state index contributed by atoms with van der Waals surface area (Å²) in [4.78, 5) is 2.37. The van der Waals surface area contributed by atoms with Gasteiger partial charge in [-0.1, -0.05) is 13.8 Å². The zero-order valence-electron chi connectivity index (χ0n) is 9.32. The minimum atomic E-state index is 0.613. The van der Waals surface area contributed by atoms with Crippen LogP contribution in [-0.2, 0) is 6.54 Å². The predicted molar refractivity (Wildman–Crippen MR) is 59.2 cm³/mol. The molecule has 0 aliphatic rings. The first-order valence-corrected chi connectivity index (χ1v) is 5.19. The summed E-state index contributed by atoms with van der Waals surface area (Å²) < 4.78 is 1.97. The monoisotopic (exact) mass is 196 g/mol. The molecular weight excluding hydrogens is 176 g/mol. The molecule has 0 radical (unpaired) electrons. The Morgan fingerprint density at radius 3 is 2.50 bits per heavy atom. The van der Waals surface area contributed by atoms with Crippen molar-refractivity contribution < 1.29 is 0 Å². The first-order chi connectivity index (χ1) is 6.67. The van der Waals surface area contributed by atoms with Gasteiger partial charge in [0, 0.05) is 18.3 Å². The molecule has 4 nitrogen and oxygen atoms in total. The Morgan fingerprint density at radius 2 is 2.07 bits per heavy atom. The zero-order chi connectivity index (χ0) is 10.6. The van der Waals surface area contributed by atoms with Crippen molar-refractivity contribution >= 4 is 5.82 Å². The van der Waals surface area contributed by atoms with E-state index >= 15 is 0 Å². The summed E-state index contributed by atoms with van der Waals surface area (Å²) in [6, 6.07) is 1.90. The Hall–Kier alpha value is -1.03. The van der Waals surface area contributed by atoms with E-state index in [-0.39, 0.29) is 0 Å². The van der Waals surface area contributed by atoms with Gasteiger partial charge in [0.2, 0.25) is 0 Å². The molecule has 4 heteroatoms. The summed E-state index contributed by atoms with van der Waals surface area (Å²) in [6.07, 6.45) is 0. The number of aryl methyl sites for hydroxylation is 1. The van der Waals surface area contributed by atoms with Crippen LogP contribution in [0.5, 0.6) is 0 Å². The summed E-state index contributed by atoms with van der Waals surface area (Å²) in [6.45, 7) is 10.5. The van der Waals surface area contributed by atoms with Gasteiger partial charge in [0.1, 0.15) is 5.82 Å². The lowest BCUT2D eigenvalue weighted by Crippen LogP contribution is -2.27. The minimum Gasteiger partial charge on any atom is -0.382 e. The van der Waals surface area contributed by atoms with Gasteiger partial charge >= 0.3 is 0 Å². The lowest BCUT2D eigenvalue weighted by atomic mass is 10.4. The molecule has 14 heavy (non-hydrogen) atoms. The highest BCUT2D eigenvalue weighted by atomic mass is 15.3. The molecule has 1 rings (SSSR count). The van der Waals surface area contributed by atoms with Crippen molar-refractivity contribution in [3.05, 3.63) is 11.8 Å². The number of nitrogens with two attached hydrogens (primary N) is 1. The number of likely N-dealkylation sites (N-methyl/N-ethyl adjacent to an activating group) is 1. The van der Waals surface area contributed by atoms with Crippen LogP contribution in [0, 0.1) is 6.92 Å². The second-order valence-corrected chi connectivity index (χ2v) is 3.46. The normalized spacial score (nSPS) is 11.1. The van der Waals surface area contributed by atoms with Gasteiger partial charge in [0.15, 0.2) is 0 Å². The SMILES string of the molecule is CCN(CC)CCn1nc(N)cc1C. The van der Waals surface area contributed by atoms with E-state index in [9.17, 15) is 0 Å². The number of anilines is 1. The van der Waals surface area contributed by atoms with E-state index in [0.717, 1.165) is 31.9 Å². The second-order valence-electron chi connectivity index (χ2n) is 3.46. The Kier molecular flexibility index (Phi) is 3.95. The van der Waals surface area contributed by atoms with Gasteiger partial charge in [-0.25, -0.2) is 0 Å². The highest BCUT2D eigenvalue weighted by Gasteiger charge is 2.03. The summed E-state index contributed by atoms with van der Waals surface area (Å²) in [5.41, 5.74) is 6.74. The molecule has 0 aromatic carbocycles. The Labute approximate surface area is 85.7 Å². The van der Waals surface area contributed by atoms with Crippen LogP contribution in [0.25, 0.3) is 0 Å². The Bertz CT molecular complexity index is 276. The lowest BCUT2D eigenvalue weighted by Gasteiger charge is -2.17. The van der Waals surface area contributed by atoms with Gasteiger partial charge in [-0.05, 0) is 20.0 Å². The molecule has 80 valence electrons. The van der Waals surface area contributed by atoms with Crippen molar-refractivity contribution in [2.45, 2.75) is 27.3 Å². The minimum absolute atomic E-state index is 0.613. The first kappa shape index (κ1) is 11.0.